The third-order valence-corrected chi connectivity index (χ3v) is 9.73. The Bertz CT molecular complexity index is 1650. The van der Waals surface area contributed by atoms with Crippen LogP contribution in [0.2, 0.25) is 0 Å². The third-order valence-electron chi connectivity index (χ3n) is 8.69. The van der Waals surface area contributed by atoms with Crippen LogP contribution in [0.1, 0.15) is 47.1 Å². The molecule has 8 rings (SSSR count). The lowest BCUT2D eigenvalue weighted by molar-refractivity contribution is -0.131. The normalized spacial score (nSPS) is 25.9. The molecule has 40 heavy (non-hydrogen) atoms. The first-order chi connectivity index (χ1) is 19.5. The van der Waals surface area contributed by atoms with Gasteiger partial charge in [-0.2, -0.15) is 5.26 Å². The van der Waals surface area contributed by atoms with Crippen LogP contribution in [0.3, 0.4) is 0 Å². The summed E-state index contributed by atoms with van der Waals surface area (Å²) >= 11 is 1.59. The number of thioether (sulfide) groups is 1. The van der Waals surface area contributed by atoms with Crippen molar-refractivity contribution in [3.8, 4) is 17.2 Å². The summed E-state index contributed by atoms with van der Waals surface area (Å²) in [6.45, 7) is 2.02. The van der Waals surface area contributed by atoms with Gasteiger partial charge in [-0.25, -0.2) is 9.97 Å². The summed E-state index contributed by atoms with van der Waals surface area (Å²) in [5, 5.41) is 14.4. The Kier molecular flexibility index (Phi) is 5.83. The number of hydrogen-bond donors (Lipinski definition) is 1. The predicted octanol–water partition coefficient (Wildman–Crippen LogP) is 5.64. The predicted molar refractivity (Wildman–Crippen MR) is 157 cm³/mol. The molecule has 0 spiro atoms. The summed E-state index contributed by atoms with van der Waals surface area (Å²) in [5.74, 6) is 0.631. The first-order valence-corrected chi connectivity index (χ1v) is 14.5. The summed E-state index contributed by atoms with van der Waals surface area (Å²) in [5.41, 5.74) is 5.86. The number of rotatable bonds is 4. The number of amidine groups is 1. The summed E-state index contributed by atoms with van der Waals surface area (Å²) < 4.78 is 0. The maximum Gasteiger partial charge on any atom is 0.232 e. The Labute approximate surface area is 237 Å². The van der Waals surface area contributed by atoms with Crippen LogP contribution < -0.4 is 5.32 Å². The van der Waals surface area contributed by atoms with Gasteiger partial charge in [0.1, 0.15) is 11.7 Å². The van der Waals surface area contributed by atoms with Gasteiger partial charge in [0.15, 0.2) is 5.17 Å². The van der Waals surface area contributed by atoms with Gasteiger partial charge < -0.3 is 5.32 Å². The third kappa shape index (κ3) is 3.78. The number of nitrogens with one attached hydrogen (secondary N) is 1. The van der Waals surface area contributed by atoms with Gasteiger partial charge in [0.05, 0.1) is 17.5 Å². The van der Waals surface area contributed by atoms with Gasteiger partial charge in [0.2, 0.25) is 5.91 Å². The monoisotopic (exact) mass is 541 g/mol. The molecular weight excluding hydrogens is 514 g/mol. The van der Waals surface area contributed by atoms with Gasteiger partial charge in [-0.1, -0.05) is 84.6 Å². The molecule has 1 aromatic heterocycles. The molecule has 1 aliphatic heterocycles. The fourth-order valence-electron chi connectivity index (χ4n) is 6.87. The van der Waals surface area contributed by atoms with E-state index in [1.54, 1.807) is 11.8 Å². The molecule has 4 aromatic rings. The quantitative estimate of drug-likeness (QED) is 0.361. The summed E-state index contributed by atoms with van der Waals surface area (Å²) in [4.78, 5) is 27.1. The van der Waals surface area contributed by atoms with Gasteiger partial charge in [0.25, 0.3) is 0 Å². The fourth-order valence-corrected chi connectivity index (χ4v) is 7.80. The van der Waals surface area contributed by atoms with Crippen molar-refractivity contribution in [2.75, 3.05) is 5.75 Å². The summed E-state index contributed by atoms with van der Waals surface area (Å²) in [6, 6.07) is 27.4. The van der Waals surface area contributed by atoms with Gasteiger partial charge in [-0.3, -0.25) is 9.79 Å². The molecule has 1 amide bonds. The molecule has 3 aromatic carbocycles. The number of nitriles is 1. The van der Waals surface area contributed by atoms with E-state index in [0.717, 1.165) is 45.6 Å². The van der Waals surface area contributed by atoms with E-state index in [4.69, 9.17) is 4.99 Å². The molecule has 2 unspecified atom stereocenters. The molecule has 0 radical (unpaired) electrons. The van der Waals surface area contributed by atoms with E-state index in [0.29, 0.717) is 11.6 Å². The molecule has 1 N–H and O–H groups in total. The van der Waals surface area contributed by atoms with Crippen LogP contribution in [0.25, 0.3) is 11.1 Å². The van der Waals surface area contributed by atoms with Crippen LogP contribution in [0, 0.1) is 16.7 Å². The minimum atomic E-state index is -0.848. The molecule has 6 nitrogen and oxygen atoms in total. The number of benzene rings is 3. The van der Waals surface area contributed by atoms with Crippen LogP contribution in [0.15, 0.2) is 96.5 Å². The van der Waals surface area contributed by atoms with E-state index in [2.05, 4.69) is 69.9 Å². The zero-order chi connectivity index (χ0) is 27.3. The number of carbonyl (C=O) groups is 1. The molecule has 3 aliphatic carbocycles. The number of carbonyl (C=O) groups excluding carboxylic acids is 1. The Morgan fingerprint density at radius 3 is 2.27 bits per heavy atom. The number of aromatic nitrogens is 2. The van der Waals surface area contributed by atoms with Crippen molar-refractivity contribution >= 4 is 22.8 Å². The average molecular weight is 542 g/mol. The van der Waals surface area contributed by atoms with Crippen LogP contribution in [0.5, 0.6) is 0 Å². The molecule has 0 saturated carbocycles. The molecule has 0 saturated heterocycles. The van der Waals surface area contributed by atoms with Crippen LogP contribution in [-0.2, 0) is 16.6 Å². The van der Waals surface area contributed by atoms with Crippen molar-refractivity contribution in [1.82, 2.24) is 15.3 Å². The fraction of sp³-hybridized carbons (Fsp3) is 0.242. The van der Waals surface area contributed by atoms with Crippen molar-refractivity contribution < 1.29 is 4.79 Å². The van der Waals surface area contributed by atoms with Crippen LogP contribution in [-0.4, -0.2) is 32.8 Å². The topological polar surface area (TPSA) is 91.0 Å². The van der Waals surface area contributed by atoms with E-state index in [-0.39, 0.29) is 17.9 Å². The Morgan fingerprint density at radius 2 is 1.62 bits per heavy atom. The molecule has 2 bridgehead atoms. The summed E-state index contributed by atoms with van der Waals surface area (Å²) in [6.07, 6.45) is 6.39. The van der Waals surface area contributed by atoms with E-state index in [9.17, 15) is 10.1 Å². The molecule has 2 atom stereocenters. The highest BCUT2D eigenvalue weighted by Crippen LogP contribution is 2.63. The van der Waals surface area contributed by atoms with Gasteiger partial charge in [0, 0.05) is 29.6 Å². The minimum Gasteiger partial charge on any atom is -0.305 e. The van der Waals surface area contributed by atoms with Gasteiger partial charge >= 0.3 is 0 Å². The summed E-state index contributed by atoms with van der Waals surface area (Å²) in [7, 11) is 0. The average Bonchev–Trinajstić information content (AvgIpc) is 3.44. The zero-order valence-corrected chi connectivity index (χ0v) is 22.9. The smallest absolute Gasteiger partial charge is 0.232 e. The second kappa shape index (κ2) is 9.42. The largest absolute Gasteiger partial charge is 0.305 e. The lowest BCUT2D eigenvalue weighted by Gasteiger charge is -2.54. The van der Waals surface area contributed by atoms with E-state index in [1.165, 1.54) is 11.9 Å². The maximum atomic E-state index is 14.1. The first kappa shape index (κ1) is 24.7. The molecule has 196 valence electrons. The lowest BCUT2D eigenvalue weighted by atomic mass is 9.47. The van der Waals surface area contributed by atoms with Crippen LogP contribution >= 0.6 is 11.8 Å². The van der Waals surface area contributed by atoms with Crippen molar-refractivity contribution in [3.05, 3.63) is 119 Å². The highest BCUT2D eigenvalue weighted by Gasteiger charge is 2.61. The molecule has 4 aliphatic rings. The highest BCUT2D eigenvalue weighted by atomic mass is 32.2. The number of aliphatic imine (C=N–C) groups is 1. The number of amides is 1. The first-order valence-electron chi connectivity index (χ1n) is 13.5. The zero-order valence-electron chi connectivity index (χ0n) is 22.0. The Hall–Kier alpha value is -4.28. The number of fused-ring (bicyclic) bond motifs is 1. The van der Waals surface area contributed by atoms with Gasteiger partial charge in [-0.05, 0) is 53.1 Å². The second-order valence-electron chi connectivity index (χ2n) is 11.1. The van der Waals surface area contributed by atoms with Crippen molar-refractivity contribution in [2.24, 2.45) is 10.4 Å². The maximum absolute atomic E-state index is 14.1. The highest BCUT2D eigenvalue weighted by molar-refractivity contribution is 8.14. The second-order valence-corrected chi connectivity index (χ2v) is 12.1. The lowest BCUT2D eigenvalue weighted by Crippen LogP contribution is -2.55. The molecule has 7 heteroatoms. The van der Waals surface area contributed by atoms with Crippen molar-refractivity contribution in [2.45, 2.75) is 37.1 Å². The van der Waals surface area contributed by atoms with Crippen molar-refractivity contribution in [3.63, 3.8) is 0 Å². The SMILES string of the molecule is CC1(C(=O)NC2=NC(Cc3ccc(-c4cncnc4)cc3)CS2)CC2(C#N)c3ccccc3C1c1ccccc12. The van der Waals surface area contributed by atoms with E-state index in [1.807, 2.05) is 43.6 Å². The molecular formula is C33H27N5OS. The van der Waals surface area contributed by atoms with Crippen LogP contribution in [0.4, 0.5) is 0 Å². The number of nitrogens with zero attached hydrogens (tertiary/aromatic N) is 4. The minimum absolute atomic E-state index is 0.0672. The van der Waals surface area contributed by atoms with Gasteiger partial charge in [-0.15, -0.1) is 0 Å². The number of hydrogen-bond acceptors (Lipinski definition) is 6. The Morgan fingerprint density at radius 1 is 0.975 bits per heavy atom. The Balaban J connectivity index is 1.12. The standard InChI is InChI=1S/C33H27N5OS/c1-32(18-33(19-34)27-8-4-2-6-25(27)29(32)26-7-3-5-9-28(26)33)30(39)38-31-37-24(17-40-31)14-21-10-12-22(13-11-21)23-15-35-20-36-16-23/h2-13,15-16,20,24,29H,14,17-18H2,1H3,(H,37,38,39). The van der Waals surface area contributed by atoms with E-state index < -0.39 is 10.8 Å². The molecule has 2 heterocycles. The van der Waals surface area contributed by atoms with E-state index >= 15 is 0 Å². The van der Waals surface area contributed by atoms with Crippen molar-refractivity contribution in [1.29, 1.82) is 5.26 Å². The molecule has 0 fully saturated rings.